The summed E-state index contributed by atoms with van der Waals surface area (Å²) in [5.41, 5.74) is 1.47. The molecule has 1 aliphatic carbocycles. The Labute approximate surface area is 224 Å². The first kappa shape index (κ1) is 29.9. The summed E-state index contributed by atoms with van der Waals surface area (Å²) in [5.74, 6) is 1.20. The van der Waals surface area contributed by atoms with Crippen LogP contribution in [0.2, 0.25) is 0 Å². The van der Waals surface area contributed by atoms with E-state index in [1.807, 2.05) is 7.05 Å². The minimum Gasteiger partial charge on any atom is -0.497 e. The van der Waals surface area contributed by atoms with E-state index in [0.29, 0.717) is 29.3 Å². The third-order valence-electron chi connectivity index (χ3n) is 9.17. The number of sulfonamides is 1. The summed E-state index contributed by atoms with van der Waals surface area (Å²) in [7, 11) is 1.25. The fraction of sp³-hybridized carbons (Fsp3) is 0.750. The molecule has 1 amide bonds. The van der Waals surface area contributed by atoms with E-state index in [1.165, 1.54) is 37.3 Å². The summed E-state index contributed by atoms with van der Waals surface area (Å²) in [6.07, 6.45) is 3.63. The fourth-order valence-corrected chi connectivity index (χ4v) is 7.49. The number of carbonyl (C=O) groups excluding carboxylic acids is 1. The number of methoxy groups -OCH3 is 1. The smallest absolute Gasteiger partial charge is 0.248 e. The molecular weight excluding hydrogens is 490 g/mol. The maximum Gasteiger partial charge on any atom is 0.248 e. The highest BCUT2D eigenvalue weighted by molar-refractivity contribution is 7.89. The molecule has 8 nitrogen and oxygen atoms in total. The Morgan fingerprint density at radius 1 is 1.14 bits per heavy atom. The summed E-state index contributed by atoms with van der Waals surface area (Å²) in [6.45, 7) is 15.1. The molecular formula is C28H47N3O5S. The van der Waals surface area contributed by atoms with Crippen molar-refractivity contribution in [3.05, 3.63) is 23.3 Å². The maximum absolute atomic E-state index is 13.2. The van der Waals surface area contributed by atoms with E-state index in [9.17, 15) is 13.2 Å². The molecule has 1 aromatic rings. The van der Waals surface area contributed by atoms with Crippen LogP contribution in [0.15, 0.2) is 17.0 Å². The molecule has 0 unspecified atom stereocenters. The Hall–Kier alpha value is -1.68. The monoisotopic (exact) mass is 537 g/mol. The minimum absolute atomic E-state index is 0.0509. The standard InChI is InChI=1S/C28H47N3O5S/c1-21-16-24(35-8)17-22(2)26(21)37(33,34)30(7)14-15-36-19-25(32)29(6)20-28(5)11-10-23(27(28,3)4)18-31-12-9-13-31/h16-17,23H,9-15,18-20H2,1-8H3/t23-,28-/m1/s1. The van der Waals surface area contributed by atoms with Gasteiger partial charge in [-0.2, -0.15) is 4.31 Å². The SMILES string of the molecule is COc1cc(C)c(S(=O)(=O)N(C)CCOCC(=O)N(C)C[C@@]2(C)CC[C@H](CN3CCC3)C2(C)C)c(C)c1. The van der Waals surface area contributed by atoms with Gasteiger partial charge >= 0.3 is 0 Å². The Balaban J connectivity index is 1.49. The van der Waals surface area contributed by atoms with Gasteiger partial charge in [-0.15, -0.1) is 0 Å². The lowest BCUT2D eigenvalue weighted by atomic mass is 9.65. The van der Waals surface area contributed by atoms with Crippen molar-refractivity contribution in [2.45, 2.75) is 58.8 Å². The average molecular weight is 538 g/mol. The lowest BCUT2D eigenvalue weighted by molar-refractivity contribution is -0.137. The van der Waals surface area contributed by atoms with Crippen molar-refractivity contribution in [2.75, 3.05) is 67.1 Å². The molecule has 0 aromatic heterocycles. The topological polar surface area (TPSA) is 79.4 Å². The van der Waals surface area contributed by atoms with E-state index >= 15 is 0 Å². The highest BCUT2D eigenvalue weighted by Crippen LogP contribution is 2.56. The molecule has 1 saturated heterocycles. The zero-order valence-corrected chi connectivity index (χ0v) is 24.9. The number of hydrogen-bond acceptors (Lipinski definition) is 6. The highest BCUT2D eigenvalue weighted by Gasteiger charge is 2.52. The van der Waals surface area contributed by atoms with Gasteiger partial charge in [0, 0.05) is 33.7 Å². The Kier molecular flexibility index (Phi) is 9.36. The van der Waals surface area contributed by atoms with Gasteiger partial charge in [-0.3, -0.25) is 4.79 Å². The van der Waals surface area contributed by atoms with Gasteiger partial charge in [0.1, 0.15) is 12.4 Å². The minimum atomic E-state index is -3.69. The molecule has 2 aliphatic rings. The molecule has 0 bridgehead atoms. The van der Waals surface area contributed by atoms with Gasteiger partial charge in [-0.05, 0) is 86.2 Å². The number of likely N-dealkylation sites (tertiary alicyclic amines) is 1. The number of amides is 1. The first-order chi connectivity index (χ1) is 17.2. The summed E-state index contributed by atoms with van der Waals surface area (Å²) >= 11 is 0. The lowest BCUT2D eigenvalue weighted by Crippen LogP contribution is -2.48. The van der Waals surface area contributed by atoms with Gasteiger partial charge in [-0.1, -0.05) is 20.8 Å². The van der Waals surface area contributed by atoms with Crippen molar-refractivity contribution < 1.29 is 22.7 Å². The summed E-state index contributed by atoms with van der Waals surface area (Å²) in [4.78, 5) is 17.5. The average Bonchev–Trinajstić information content (AvgIpc) is 3.00. The molecule has 1 saturated carbocycles. The molecule has 2 fully saturated rings. The van der Waals surface area contributed by atoms with E-state index in [4.69, 9.17) is 9.47 Å². The second kappa shape index (κ2) is 11.6. The molecule has 9 heteroatoms. The lowest BCUT2D eigenvalue weighted by Gasteiger charge is -2.46. The summed E-state index contributed by atoms with van der Waals surface area (Å²) < 4.78 is 38.5. The molecule has 37 heavy (non-hydrogen) atoms. The largest absolute Gasteiger partial charge is 0.497 e. The number of ether oxygens (including phenoxy) is 2. The van der Waals surface area contributed by atoms with Crippen LogP contribution in [-0.2, 0) is 19.6 Å². The van der Waals surface area contributed by atoms with E-state index in [1.54, 1.807) is 38.0 Å². The van der Waals surface area contributed by atoms with Crippen LogP contribution < -0.4 is 4.74 Å². The van der Waals surface area contributed by atoms with Gasteiger partial charge in [-0.25, -0.2) is 8.42 Å². The van der Waals surface area contributed by atoms with Crippen molar-refractivity contribution in [1.29, 1.82) is 0 Å². The first-order valence-corrected chi connectivity index (χ1v) is 14.8. The van der Waals surface area contributed by atoms with Crippen LogP contribution in [0.1, 0.15) is 51.2 Å². The zero-order valence-electron chi connectivity index (χ0n) is 24.1. The Bertz CT molecular complexity index is 1050. The summed E-state index contributed by atoms with van der Waals surface area (Å²) in [5, 5.41) is 0. The van der Waals surface area contributed by atoms with Crippen LogP contribution >= 0.6 is 0 Å². The fourth-order valence-electron chi connectivity index (χ4n) is 5.93. The van der Waals surface area contributed by atoms with Crippen LogP contribution in [0.25, 0.3) is 0 Å². The van der Waals surface area contributed by atoms with Crippen molar-refractivity contribution in [3.63, 3.8) is 0 Å². The highest BCUT2D eigenvalue weighted by atomic mass is 32.2. The van der Waals surface area contributed by atoms with Gasteiger partial charge in [0.15, 0.2) is 0 Å². The number of likely N-dealkylation sites (N-methyl/N-ethyl adjacent to an activating group) is 2. The van der Waals surface area contributed by atoms with Crippen LogP contribution in [0.3, 0.4) is 0 Å². The molecule has 0 spiro atoms. The third kappa shape index (κ3) is 6.32. The molecule has 1 aromatic carbocycles. The molecule has 1 heterocycles. The van der Waals surface area contributed by atoms with Crippen LogP contribution in [0.5, 0.6) is 5.75 Å². The van der Waals surface area contributed by atoms with Crippen molar-refractivity contribution in [2.24, 2.45) is 16.7 Å². The Morgan fingerprint density at radius 2 is 1.76 bits per heavy atom. The second-order valence-corrected chi connectivity index (χ2v) is 13.9. The number of carbonyl (C=O) groups is 1. The molecule has 3 rings (SSSR count). The van der Waals surface area contributed by atoms with E-state index in [2.05, 4.69) is 25.7 Å². The van der Waals surface area contributed by atoms with Gasteiger partial charge in [0.2, 0.25) is 15.9 Å². The maximum atomic E-state index is 13.2. The number of benzene rings is 1. The van der Waals surface area contributed by atoms with Gasteiger partial charge in [0.05, 0.1) is 18.6 Å². The van der Waals surface area contributed by atoms with E-state index in [0.717, 1.165) is 13.0 Å². The quantitative estimate of drug-likeness (QED) is 0.380. The molecule has 0 N–H and O–H groups in total. The molecule has 0 radical (unpaired) electrons. The number of nitrogens with zero attached hydrogens (tertiary/aromatic N) is 3. The molecule has 2 atom stereocenters. The number of rotatable bonds is 12. The van der Waals surface area contributed by atoms with Crippen LogP contribution in [0, 0.1) is 30.6 Å². The van der Waals surface area contributed by atoms with Crippen molar-refractivity contribution >= 4 is 15.9 Å². The molecule has 1 aliphatic heterocycles. The van der Waals surface area contributed by atoms with Gasteiger partial charge in [0.25, 0.3) is 0 Å². The second-order valence-electron chi connectivity index (χ2n) is 11.9. The number of hydrogen-bond donors (Lipinski definition) is 0. The predicted molar refractivity (Wildman–Crippen MR) is 146 cm³/mol. The van der Waals surface area contributed by atoms with E-state index < -0.39 is 10.0 Å². The first-order valence-electron chi connectivity index (χ1n) is 13.4. The van der Waals surface area contributed by atoms with Crippen molar-refractivity contribution in [3.8, 4) is 5.75 Å². The van der Waals surface area contributed by atoms with Gasteiger partial charge < -0.3 is 19.3 Å². The summed E-state index contributed by atoms with van der Waals surface area (Å²) in [6, 6.07) is 3.44. The van der Waals surface area contributed by atoms with E-state index in [-0.39, 0.29) is 41.4 Å². The zero-order chi connectivity index (χ0) is 27.6. The van der Waals surface area contributed by atoms with Crippen LogP contribution in [0.4, 0.5) is 0 Å². The van der Waals surface area contributed by atoms with Crippen LogP contribution in [-0.4, -0.2) is 95.6 Å². The number of aryl methyl sites for hydroxylation is 2. The predicted octanol–water partition coefficient (Wildman–Crippen LogP) is 3.56. The normalized spacial score (nSPS) is 23.8. The van der Waals surface area contributed by atoms with Crippen molar-refractivity contribution in [1.82, 2.24) is 14.1 Å². The Morgan fingerprint density at radius 3 is 2.30 bits per heavy atom. The molecule has 210 valence electrons. The third-order valence-corrected chi connectivity index (χ3v) is 11.3.